The first-order valence-electron chi connectivity index (χ1n) is 10.2. The fourth-order valence-corrected chi connectivity index (χ4v) is 4.00. The maximum atomic E-state index is 12.9. The summed E-state index contributed by atoms with van der Waals surface area (Å²) >= 11 is 6.24. The van der Waals surface area contributed by atoms with Crippen LogP contribution in [-0.4, -0.2) is 56.1 Å². The van der Waals surface area contributed by atoms with Gasteiger partial charge in [-0.3, -0.25) is 9.69 Å². The highest BCUT2D eigenvalue weighted by Crippen LogP contribution is 2.30. The molecule has 0 N–H and O–H groups in total. The van der Waals surface area contributed by atoms with E-state index in [1.807, 2.05) is 41.3 Å². The van der Waals surface area contributed by atoms with Crippen molar-refractivity contribution in [1.82, 2.24) is 9.80 Å². The van der Waals surface area contributed by atoms with Crippen LogP contribution in [0.15, 0.2) is 59.0 Å². The van der Waals surface area contributed by atoms with Crippen molar-refractivity contribution in [3.63, 3.8) is 0 Å². The van der Waals surface area contributed by atoms with Crippen molar-refractivity contribution in [2.45, 2.75) is 6.54 Å². The van der Waals surface area contributed by atoms with Gasteiger partial charge in [0, 0.05) is 43.9 Å². The molecule has 7 heteroatoms. The first-order chi connectivity index (χ1) is 15.1. The number of piperazine rings is 1. The summed E-state index contributed by atoms with van der Waals surface area (Å²) in [5.41, 5.74) is 1.84. The number of amides is 1. The lowest BCUT2D eigenvalue weighted by Crippen LogP contribution is -2.48. The number of nitrogens with zero attached hydrogens (tertiary/aromatic N) is 2. The number of benzene rings is 2. The minimum atomic E-state index is -0.100. The molecule has 2 heterocycles. The van der Waals surface area contributed by atoms with E-state index >= 15 is 0 Å². The Bertz CT molecular complexity index is 1060. The molecule has 6 nitrogen and oxygen atoms in total. The lowest BCUT2D eigenvalue weighted by molar-refractivity contribution is 0.0597. The minimum Gasteiger partial charge on any atom is -0.497 e. The van der Waals surface area contributed by atoms with Crippen LogP contribution in [0, 0.1) is 0 Å². The van der Waals surface area contributed by atoms with Crippen LogP contribution in [0.3, 0.4) is 0 Å². The second-order valence-corrected chi connectivity index (χ2v) is 7.80. The Kier molecular flexibility index (Phi) is 6.49. The van der Waals surface area contributed by atoms with Crippen molar-refractivity contribution in [3.05, 3.63) is 70.9 Å². The maximum absolute atomic E-state index is 12.9. The highest BCUT2D eigenvalue weighted by Gasteiger charge is 2.25. The first kappa shape index (κ1) is 21.3. The summed E-state index contributed by atoms with van der Waals surface area (Å²) in [6, 6.07) is 16.7. The van der Waals surface area contributed by atoms with E-state index in [-0.39, 0.29) is 5.91 Å². The van der Waals surface area contributed by atoms with Crippen molar-refractivity contribution in [3.8, 4) is 22.8 Å². The summed E-state index contributed by atoms with van der Waals surface area (Å²) in [7, 11) is 3.32. The third-order valence-corrected chi connectivity index (χ3v) is 5.83. The van der Waals surface area contributed by atoms with E-state index in [2.05, 4.69) is 4.90 Å². The fraction of sp³-hybridized carbons (Fsp3) is 0.292. The molecule has 2 aromatic carbocycles. The summed E-state index contributed by atoms with van der Waals surface area (Å²) in [5.74, 6) is 2.46. The van der Waals surface area contributed by atoms with Gasteiger partial charge < -0.3 is 18.8 Å². The number of furan rings is 1. The molecule has 1 aliphatic rings. The molecular weight excluding hydrogens is 416 g/mol. The van der Waals surface area contributed by atoms with Crippen molar-refractivity contribution in [2.75, 3.05) is 40.4 Å². The van der Waals surface area contributed by atoms with E-state index in [4.69, 9.17) is 25.5 Å². The number of hydrogen-bond donors (Lipinski definition) is 0. The number of halogens is 1. The van der Waals surface area contributed by atoms with Crippen LogP contribution in [0.1, 0.15) is 16.1 Å². The van der Waals surface area contributed by atoms with Crippen LogP contribution < -0.4 is 9.47 Å². The third-order valence-electron chi connectivity index (χ3n) is 5.50. The molecule has 3 aromatic rings. The van der Waals surface area contributed by atoms with Crippen LogP contribution >= 0.6 is 11.6 Å². The second-order valence-electron chi connectivity index (χ2n) is 7.39. The Hall–Kier alpha value is -2.96. The van der Waals surface area contributed by atoms with E-state index in [0.717, 1.165) is 42.3 Å². The first-order valence-corrected chi connectivity index (χ1v) is 10.5. The molecule has 4 rings (SSSR count). The summed E-state index contributed by atoms with van der Waals surface area (Å²) in [6.07, 6.45) is 0. The van der Waals surface area contributed by atoms with Crippen LogP contribution in [0.2, 0.25) is 5.02 Å². The molecular formula is C24H25ClN2O4. The van der Waals surface area contributed by atoms with Crippen molar-refractivity contribution < 1.29 is 18.7 Å². The highest BCUT2D eigenvalue weighted by molar-refractivity contribution is 6.33. The van der Waals surface area contributed by atoms with Crippen LogP contribution in [-0.2, 0) is 6.54 Å². The third kappa shape index (κ3) is 4.70. The van der Waals surface area contributed by atoms with Gasteiger partial charge in [-0.05, 0) is 42.5 Å². The Balaban J connectivity index is 1.38. The Morgan fingerprint density at radius 1 is 1.00 bits per heavy atom. The molecule has 1 fully saturated rings. The SMILES string of the molecule is COc1ccc(OC)c(CN2CCN(C(=O)c3ccc(-c4ccccc4Cl)o3)CC2)c1. The molecule has 0 radical (unpaired) electrons. The van der Waals surface area contributed by atoms with E-state index in [1.165, 1.54) is 0 Å². The van der Waals surface area contributed by atoms with Gasteiger partial charge in [0.05, 0.1) is 19.2 Å². The molecule has 0 atom stereocenters. The average Bonchev–Trinajstić information content (AvgIpc) is 3.29. The molecule has 1 aromatic heterocycles. The summed E-state index contributed by atoms with van der Waals surface area (Å²) in [6.45, 7) is 3.54. The predicted octanol–water partition coefficient (Wildman–Crippen LogP) is 4.58. The standard InChI is InChI=1S/C24H25ClN2O4/c1-29-18-7-8-21(30-2)17(15-18)16-26-11-13-27(14-12-26)24(28)23-10-9-22(31-23)19-5-3-4-6-20(19)25/h3-10,15H,11-14,16H2,1-2H3. The molecule has 1 amide bonds. The van der Waals surface area contributed by atoms with Gasteiger partial charge in [-0.25, -0.2) is 0 Å². The van der Waals surface area contributed by atoms with Crippen LogP contribution in [0.4, 0.5) is 0 Å². The quantitative estimate of drug-likeness (QED) is 0.561. The average molecular weight is 441 g/mol. The molecule has 1 aliphatic heterocycles. The summed E-state index contributed by atoms with van der Waals surface area (Å²) < 4.78 is 16.6. The summed E-state index contributed by atoms with van der Waals surface area (Å²) in [4.78, 5) is 17.1. The zero-order valence-corrected chi connectivity index (χ0v) is 18.4. The van der Waals surface area contributed by atoms with E-state index in [9.17, 15) is 4.79 Å². The lowest BCUT2D eigenvalue weighted by atomic mass is 10.1. The highest BCUT2D eigenvalue weighted by atomic mass is 35.5. The monoisotopic (exact) mass is 440 g/mol. The van der Waals surface area contributed by atoms with E-state index in [0.29, 0.717) is 29.6 Å². The molecule has 162 valence electrons. The van der Waals surface area contributed by atoms with Gasteiger partial charge in [0.2, 0.25) is 0 Å². The Labute approximate surface area is 186 Å². The van der Waals surface area contributed by atoms with Gasteiger partial charge in [-0.15, -0.1) is 0 Å². The van der Waals surface area contributed by atoms with Crippen molar-refractivity contribution in [1.29, 1.82) is 0 Å². The molecule has 0 spiro atoms. The molecule has 0 aliphatic carbocycles. The van der Waals surface area contributed by atoms with Gasteiger partial charge in [-0.1, -0.05) is 23.7 Å². The number of carbonyl (C=O) groups excluding carboxylic acids is 1. The number of methoxy groups -OCH3 is 2. The van der Waals surface area contributed by atoms with E-state index < -0.39 is 0 Å². The Morgan fingerprint density at radius 2 is 1.77 bits per heavy atom. The van der Waals surface area contributed by atoms with Gasteiger partial charge in [0.25, 0.3) is 5.91 Å². The van der Waals surface area contributed by atoms with Crippen LogP contribution in [0.5, 0.6) is 11.5 Å². The molecule has 0 bridgehead atoms. The maximum Gasteiger partial charge on any atom is 0.289 e. The van der Waals surface area contributed by atoms with Crippen molar-refractivity contribution >= 4 is 17.5 Å². The summed E-state index contributed by atoms with van der Waals surface area (Å²) in [5, 5.41) is 0.595. The molecule has 0 saturated carbocycles. The largest absolute Gasteiger partial charge is 0.497 e. The zero-order chi connectivity index (χ0) is 21.8. The zero-order valence-electron chi connectivity index (χ0n) is 17.6. The number of hydrogen-bond acceptors (Lipinski definition) is 5. The fourth-order valence-electron chi connectivity index (χ4n) is 3.77. The predicted molar refractivity (Wildman–Crippen MR) is 120 cm³/mol. The van der Waals surface area contributed by atoms with Gasteiger partial charge in [0.1, 0.15) is 17.3 Å². The minimum absolute atomic E-state index is 0.100. The molecule has 0 unspecified atom stereocenters. The number of ether oxygens (including phenoxy) is 2. The van der Waals surface area contributed by atoms with Gasteiger partial charge >= 0.3 is 0 Å². The second kappa shape index (κ2) is 9.45. The van der Waals surface area contributed by atoms with Crippen molar-refractivity contribution in [2.24, 2.45) is 0 Å². The number of rotatable bonds is 6. The van der Waals surface area contributed by atoms with Gasteiger partial charge in [0.15, 0.2) is 5.76 Å². The van der Waals surface area contributed by atoms with Gasteiger partial charge in [-0.2, -0.15) is 0 Å². The Morgan fingerprint density at radius 3 is 2.48 bits per heavy atom. The number of carbonyl (C=O) groups is 1. The molecule has 31 heavy (non-hydrogen) atoms. The molecule has 1 saturated heterocycles. The smallest absolute Gasteiger partial charge is 0.289 e. The van der Waals surface area contributed by atoms with Crippen LogP contribution in [0.25, 0.3) is 11.3 Å². The lowest BCUT2D eigenvalue weighted by Gasteiger charge is -2.34. The topological polar surface area (TPSA) is 55.2 Å². The normalized spacial score (nSPS) is 14.5. The van der Waals surface area contributed by atoms with E-state index in [1.54, 1.807) is 32.4 Å².